The van der Waals surface area contributed by atoms with Crippen LogP contribution in [0.5, 0.6) is 11.5 Å². The van der Waals surface area contributed by atoms with Gasteiger partial charge in [-0.15, -0.1) is 0 Å². The van der Waals surface area contributed by atoms with Gasteiger partial charge in [-0.3, -0.25) is 0 Å². The van der Waals surface area contributed by atoms with E-state index in [4.69, 9.17) is 9.47 Å². The van der Waals surface area contributed by atoms with Crippen LogP contribution in [0.2, 0.25) is 0 Å². The zero-order valence-electron chi connectivity index (χ0n) is 9.32. The summed E-state index contributed by atoms with van der Waals surface area (Å²) < 4.78 is 10.5. The SMILES string of the molecule is COc1cccc(OC)c1C[C@H](C)C=O. The fraction of sp³-hybridized carbons (Fsp3) is 0.417. The van der Waals surface area contributed by atoms with E-state index in [0.29, 0.717) is 6.42 Å². The van der Waals surface area contributed by atoms with Crippen LogP contribution in [0.4, 0.5) is 0 Å². The molecule has 0 N–H and O–H groups in total. The van der Waals surface area contributed by atoms with Gasteiger partial charge in [-0.1, -0.05) is 13.0 Å². The van der Waals surface area contributed by atoms with E-state index in [9.17, 15) is 4.79 Å². The first-order valence-electron chi connectivity index (χ1n) is 4.88. The molecule has 0 fully saturated rings. The highest BCUT2D eigenvalue weighted by Crippen LogP contribution is 2.30. The second-order valence-electron chi connectivity index (χ2n) is 3.46. The predicted octanol–water partition coefficient (Wildman–Crippen LogP) is 2.08. The normalized spacial score (nSPS) is 11.9. The van der Waals surface area contributed by atoms with Gasteiger partial charge in [-0.25, -0.2) is 0 Å². The number of hydrogen-bond donors (Lipinski definition) is 0. The molecule has 1 atom stereocenters. The summed E-state index contributed by atoms with van der Waals surface area (Å²) >= 11 is 0. The Balaban J connectivity index is 3.04. The molecule has 0 saturated heterocycles. The lowest BCUT2D eigenvalue weighted by atomic mass is 10.0. The van der Waals surface area contributed by atoms with Crippen LogP contribution in [-0.4, -0.2) is 20.5 Å². The third-order valence-electron chi connectivity index (χ3n) is 2.29. The Kier molecular flexibility index (Phi) is 4.16. The standard InChI is InChI=1S/C12H16O3/c1-9(8-13)7-10-11(14-2)5-4-6-12(10)15-3/h4-6,8-9H,7H2,1-3H3/t9-/m0/s1. The number of carbonyl (C=O) groups excluding carboxylic acids is 1. The van der Waals surface area contributed by atoms with Crippen molar-refractivity contribution in [2.45, 2.75) is 13.3 Å². The highest BCUT2D eigenvalue weighted by Gasteiger charge is 2.12. The van der Waals surface area contributed by atoms with Crippen molar-refractivity contribution >= 4 is 6.29 Å². The number of hydrogen-bond acceptors (Lipinski definition) is 3. The van der Waals surface area contributed by atoms with Crippen LogP contribution in [0.15, 0.2) is 18.2 Å². The molecule has 3 heteroatoms. The van der Waals surface area contributed by atoms with Crippen molar-refractivity contribution in [3.63, 3.8) is 0 Å². The Morgan fingerprint density at radius 3 is 2.20 bits per heavy atom. The molecule has 0 saturated carbocycles. The van der Waals surface area contributed by atoms with Crippen LogP contribution in [0.25, 0.3) is 0 Å². The highest BCUT2D eigenvalue weighted by molar-refractivity contribution is 5.56. The maximum atomic E-state index is 10.6. The maximum Gasteiger partial charge on any atom is 0.125 e. The number of rotatable bonds is 5. The predicted molar refractivity (Wildman–Crippen MR) is 58.5 cm³/mol. The zero-order chi connectivity index (χ0) is 11.3. The Hall–Kier alpha value is -1.51. The van der Waals surface area contributed by atoms with Crippen molar-refractivity contribution < 1.29 is 14.3 Å². The van der Waals surface area contributed by atoms with Crippen molar-refractivity contribution in [1.29, 1.82) is 0 Å². The summed E-state index contributed by atoms with van der Waals surface area (Å²) in [5.74, 6) is 1.50. The quantitative estimate of drug-likeness (QED) is 0.695. The number of carbonyl (C=O) groups is 1. The third-order valence-corrected chi connectivity index (χ3v) is 2.29. The molecule has 15 heavy (non-hydrogen) atoms. The largest absolute Gasteiger partial charge is 0.496 e. The Bertz CT molecular complexity index is 311. The van der Waals surface area contributed by atoms with Gasteiger partial charge in [-0.05, 0) is 18.6 Å². The number of benzene rings is 1. The minimum absolute atomic E-state index is 0.0322. The summed E-state index contributed by atoms with van der Waals surface area (Å²) in [6.45, 7) is 1.87. The average Bonchev–Trinajstić information content (AvgIpc) is 2.29. The van der Waals surface area contributed by atoms with Gasteiger partial charge in [0.15, 0.2) is 0 Å². The van der Waals surface area contributed by atoms with E-state index in [-0.39, 0.29) is 5.92 Å². The summed E-state index contributed by atoms with van der Waals surface area (Å²) in [6, 6.07) is 5.61. The molecule has 0 heterocycles. The summed E-state index contributed by atoms with van der Waals surface area (Å²) in [6.07, 6.45) is 1.57. The molecule has 82 valence electrons. The molecule has 0 aliphatic rings. The van der Waals surface area contributed by atoms with Crippen LogP contribution in [0.1, 0.15) is 12.5 Å². The van der Waals surface area contributed by atoms with E-state index in [0.717, 1.165) is 23.3 Å². The van der Waals surface area contributed by atoms with Crippen molar-refractivity contribution in [3.05, 3.63) is 23.8 Å². The van der Waals surface area contributed by atoms with Crippen LogP contribution in [0, 0.1) is 5.92 Å². The second-order valence-corrected chi connectivity index (χ2v) is 3.46. The molecule has 0 bridgehead atoms. The third kappa shape index (κ3) is 2.72. The van der Waals surface area contributed by atoms with Gasteiger partial charge in [0.2, 0.25) is 0 Å². The first kappa shape index (κ1) is 11.6. The van der Waals surface area contributed by atoms with Crippen LogP contribution >= 0.6 is 0 Å². The molecule has 0 aliphatic heterocycles. The first-order valence-corrected chi connectivity index (χ1v) is 4.88. The number of aldehydes is 1. The van der Waals surface area contributed by atoms with E-state index in [2.05, 4.69) is 0 Å². The average molecular weight is 208 g/mol. The lowest BCUT2D eigenvalue weighted by Gasteiger charge is -2.13. The maximum absolute atomic E-state index is 10.6. The molecule has 0 unspecified atom stereocenters. The van der Waals surface area contributed by atoms with Gasteiger partial charge in [-0.2, -0.15) is 0 Å². The summed E-state index contributed by atoms with van der Waals surface area (Å²) in [5, 5.41) is 0. The molecule has 3 nitrogen and oxygen atoms in total. The van der Waals surface area contributed by atoms with Crippen LogP contribution in [-0.2, 0) is 11.2 Å². The van der Waals surface area contributed by atoms with Gasteiger partial charge < -0.3 is 14.3 Å². The molecule has 1 aromatic carbocycles. The molecule has 0 aromatic heterocycles. The van der Waals surface area contributed by atoms with Crippen LogP contribution < -0.4 is 9.47 Å². The van der Waals surface area contributed by atoms with E-state index >= 15 is 0 Å². The molecule has 0 aliphatic carbocycles. The molecule has 1 rings (SSSR count). The monoisotopic (exact) mass is 208 g/mol. The molecular weight excluding hydrogens is 192 g/mol. The summed E-state index contributed by atoms with van der Waals surface area (Å²) in [7, 11) is 3.23. The van der Waals surface area contributed by atoms with Crippen molar-refractivity contribution in [1.82, 2.24) is 0 Å². The topological polar surface area (TPSA) is 35.5 Å². The lowest BCUT2D eigenvalue weighted by Crippen LogP contribution is -2.04. The van der Waals surface area contributed by atoms with Crippen LogP contribution in [0.3, 0.4) is 0 Å². The smallest absolute Gasteiger partial charge is 0.125 e. The second kappa shape index (κ2) is 5.39. The van der Waals surface area contributed by atoms with Gasteiger partial charge >= 0.3 is 0 Å². The molecular formula is C12H16O3. The van der Waals surface area contributed by atoms with E-state index in [1.807, 2.05) is 25.1 Å². The minimum atomic E-state index is -0.0322. The van der Waals surface area contributed by atoms with E-state index in [1.54, 1.807) is 14.2 Å². The number of methoxy groups -OCH3 is 2. The van der Waals surface area contributed by atoms with Gasteiger partial charge in [0.25, 0.3) is 0 Å². The number of ether oxygens (including phenoxy) is 2. The zero-order valence-corrected chi connectivity index (χ0v) is 9.32. The fourth-order valence-corrected chi connectivity index (χ4v) is 1.50. The minimum Gasteiger partial charge on any atom is -0.496 e. The summed E-state index contributed by atoms with van der Waals surface area (Å²) in [4.78, 5) is 10.6. The van der Waals surface area contributed by atoms with Crippen molar-refractivity contribution in [3.8, 4) is 11.5 Å². The van der Waals surface area contributed by atoms with Gasteiger partial charge in [0.05, 0.1) is 14.2 Å². The van der Waals surface area contributed by atoms with Crippen molar-refractivity contribution in [2.24, 2.45) is 5.92 Å². The molecule has 0 spiro atoms. The molecule has 0 amide bonds. The lowest BCUT2D eigenvalue weighted by molar-refractivity contribution is -0.110. The van der Waals surface area contributed by atoms with E-state index < -0.39 is 0 Å². The Labute approximate surface area is 90.0 Å². The highest BCUT2D eigenvalue weighted by atomic mass is 16.5. The van der Waals surface area contributed by atoms with Crippen molar-refractivity contribution in [2.75, 3.05) is 14.2 Å². The summed E-state index contributed by atoms with van der Waals surface area (Å²) in [5.41, 5.74) is 0.946. The van der Waals surface area contributed by atoms with E-state index in [1.165, 1.54) is 0 Å². The first-order chi connectivity index (χ1) is 7.22. The molecule has 0 radical (unpaired) electrons. The van der Waals surface area contributed by atoms with Gasteiger partial charge in [0, 0.05) is 11.5 Å². The van der Waals surface area contributed by atoms with Gasteiger partial charge in [0.1, 0.15) is 17.8 Å². The Morgan fingerprint density at radius 2 is 1.80 bits per heavy atom. The fourth-order valence-electron chi connectivity index (χ4n) is 1.50. The Morgan fingerprint density at radius 1 is 1.27 bits per heavy atom. The molecule has 1 aromatic rings.